The summed E-state index contributed by atoms with van der Waals surface area (Å²) in [6.45, 7) is 0.658. The molecule has 3 nitrogen and oxygen atoms in total. The molecule has 1 aliphatic rings. The van der Waals surface area contributed by atoms with Crippen molar-refractivity contribution >= 4 is 15.9 Å². The Hall–Kier alpha value is -1.13. The lowest BCUT2D eigenvalue weighted by Gasteiger charge is -2.03. The molecule has 0 aliphatic carbocycles. The Balaban J connectivity index is 2.34. The number of aryl methyl sites for hydroxylation is 1. The summed E-state index contributed by atoms with van der Waals surface area (Å²) in [5, 5.41) is 1.25. The molecule has 0 fully saturated rings. The fourth-order valence-corrected chi connectivity index (χ4v) is 2.87. The van der Waals surface area contributed by atoms with Gasteiger partial charge in [0.15, 0.2) is 9.84 Å². The first-order valence-corrected chi connectivity index (χ1v) is 6.44. The third kappa shape index (κ3) is 1.96. The normalized spacial score (nSPS) is 16.6. The van der Waals surface area contributed by atoms with Crippen LogP contribution in [-0.2, 0) is 16.3 Å². The van der Waals surface area contributed by atoms with Crippen LogP contribution in [0.2, 0.25) is 0 Å². The van der Waals surface area contributed by atoms with Gasteiger partial charge in [0.1, 0.15) is 0 Å². The number of rotatable bonds is 3. The van der Waals surface area contributed by atoms with E-state index in [2.05, 4.69) is 0 Å². The second-order valence-corrected chi connectivity index (χ2v) is 5.41. The van der Waals surface area contributed by atoms with Gasteiger partial charge < -0.3 is 5.73 Å². The van der Waals surface area contributed by atoms with Crippen LogP contribution < -0.4 is 5.73 Å². The molecule has 1 aliphatic heterocycles. The van der Waals surface area contributed by atoms with Gasteiger partial charge >= 0.3 is 0 Å². The van der Waals surface area contributed by atoms with Gasteiger partial charge in [-0.2, -0.15) is 0 Å². The summed E-state index contributed by atoms with van der Waals surface area (Å²) in [6.07, 6.45) is 3.48. The molecule has 2 rings (SSSR count). The Morgan fingerprint density at radius 1 is 1.27 bits per heavy atom. The molecule has 1 aromatic carbocycles. The van der Waals surface area contributed by atoms with Crippen LogP contribution in [0.4, 0.5) is 0 Å². The third-order valence-corrected chi connectivity index (χ3v) is 3.96. The summed E-state index contributed by atoms with van der Waals surface area (Å²) >= 11 is 0. The zero-order chi connectivity index (χ0) is 10.9. The third-order valence-electron chi connectivity index (χ3n) is 2.48. The van der Waals surface area contributed by atoms with Gasteiger partial charge in [0.05, 0.1) is 4.90 Å². The minimum absolute atomic E-state index is 0.416. The van der Waals surface area contributed by atoms with Crippen LogP contribution in [0.1, 0.15) is 17.5 Å². The van der Waals surface area contributed by atoms with Gasteiger partial charge in [0.25, 0.3) is 0 Å². The highest BCUT2D eigenvalue weighted by Crippen LogP contribution is 2.27. The van der Waals surface area contributed by atoms with Crippen molar-refractivity contribution < 1.29 is 8.42 Å². The van der Waals surface area contributed by atoms with E-state index >= 15 is 0 Å². The maximum Gasteiger partial charge on any atom is 0.200 e. The molecule has 0 radical (unpaired) electrons. The zero-order valence-electron chi connectivity index (χ0n) is 8.31. The molecule has 4 heteroatoms. The van der Waals surface area contributed by atoms with Crippen LogP contribution in [0.25, 0.3) is 6.08 Å². The molecule has 0 atom stereocenters. The summed E-state index contributed by atoms with van der Waals surface area (Å²) in [6, 6.07) is 5.46. The molecule has 0 saturated carbocycles. The maximum absolute atomic E-state index is 11.5. The first-order chi connectivity index (χ1) is 7.13. The minimum atomic E-state index is -3.15. The van der Waals surface area contributed by atoms with E-state index in [9.17, 15) is 8.42 Å². The standard InChI is InChI=1S/C11H13NO2S/c12-6-1-2-9-3-4-11-10(8-9)5-7-15(11,13)14/h3-5,7-8H,1-2,6,12H2. The molecule has 0 amide bonds. The van der Waals surface area contributed by atoms with Gasteiger partial charge in [-0.05, 0) is 42.7 Å². The van der Waals surface area contributed by atoms with E-state index in [1.807, 2.05) is 12.1 Å². The van der Waals surface area contributed by atoms with Crippen molar-refractivity contribution in [3.63, 3.8) is 0 Å². The molecule has 0 unspecified atom stereocenters. The highest BCUT2D eigenvalue weighted by atomic mass is 32.2. The van der Waals surface area contributed by atoms with E-state index in [4.69, 9.17) is 5.73 Å². The minimum Gasteiger partial charge on any atom is -0.330 e. The second-order valence-electron chi connectivity index (χ2n) is 3.61. The Kier molecular flexibility index (Phi) is 2.63. The van der Waals surface area contributed by atoms with Gasteiger partial charge in [0.2, 0.25) is 0 Å². The second kappa shape index (κ2) is 3.79. The lowest BCUT2D eigenvalue weighted by molar-refractivity contribution is 0.605. The quantitative estimate of drug-likeness (QED) is 0.841. The number of fused-ring (bicyclic) bond motifs is 1. The van der Waals surface area contributed by atoms with Crippen LogP contribution in [-0.4, -0.2) is 15.0 Å². The summed E-state index contributed by atoms with van der Waals surface area (Å²) in [5.74, 6) is 0. The van der Waals surface area contributed by atoms with E-state index < -0.39 is 9.84 Å². The van der Waals surface area contributed by atoms with Gasteiger partial charge in [-0.15, -0.1) is 0 Å². The lowest BCUT2D eigenvalue weighted by atomic mass is 10.1. The highest BCUT2D eigenvalue weighted by Gasteiger charge is 2.19. The first-order valence-electron chi connectivity index (χ1n) is 4.90. The largest absolute Gasteiger partial charge is 0.330 e. The molecule has 0 bridgehead atoms. The lowest BCUT2D eigenvalue weighted by Crippen LogP contribution is -2.01. The van der Waals surface area contributed by atoms with Crippen molar-refractivity contribution in [3.8, 4) is 0 Å². The van der Waals surface area contributed by atoms with Gasteiger partial charge in [-0.1, -0.05) is 12.1 Å². The Labute approximate surface area is 89.5 Å². The average molecular weight is 223 g/mol. The molecule has 0 spiro atoms. The van der Waals surface area contributed by atoms with Crippen molar-refractivity contribution in [2.24, 2.45) is 5.73 Å². The van der Waals surface area contributed by atoms with Crippen LogP contribution in [0.3, 0.4) is 0 Å². The SMILES string of the molecule is NCCCc1ccc2c(c1)C=CS2(=O)=O. The van der Waals surface area contributed by atoms with E-state index in [0.717, 1.165) is 24.0 Å². The van der Waals surface area contributed by atoms with E-state index in [1.165, 1.54) is 5.41 Å². The van der Waals surface area contributed by atoms with Gasteiger partial charge in [-0.25, -0.2) is 8.42 Å². The van der Waals surface area contributed by atoms with Crippen molar-refractivity contribution in [1.82, 2.24) is 0 Å². The molecule has 0 aromatic heterocycles. The first kappa shape index (κ1) is 10.4. The topological polar surface area (TPSA) is 60.2 Å². The number of benzene rings is 1. The molecule has 80 valence electrons. The summed E-state index contributed by atoms with van der Waals surface area (Å²) in [5.41, 5.74) is 7.36. The molecule has 0 saturated heterocycles. The monoisotopic (exact) mass is 223 g/mol. The highest BCUT2D eigenvalue weighted by molar-refractivity contribution is 7.94. The molecule has 2 N–H and O–H groups in total. The smallest absolute Gasteiger partial charge is 0.200 e. The molecular weight excluding hydrogens is 210 g/mol. The fraction of sp³-hybridized carbons (Fsp3) is 0.273. The Morgan fingerprint density at radius 3 is 2.80 bits per heavy atom. The van der Waals surface area contributed by atoms with Crippen LogP contribution in [0.15, 0.2) is 28.5 Å². The zero-order valence-corrected chi connectivity index (χ0v) is 9.13. The van der Waals surface area contributed by atoms with Gasteiger partial charge in [0, 0.05) is 5.41 Å². The molecule has 15 heavy (non-hydrogen) atoms. The van der Waals surface area contributed by atoms with Crippen molar-refractivity contribution in [3.05, 3.63) is 34.7 Å². The summed E-state index contributed by atoms with van der Waals surface area (Å²) in [7, 11) is -3.15. The van der Waals surface area contributed by atoms with E-state index in [1.54, 1.807) is 12.1 Å². The molecular formula is C11H13NO2S. The van der Waals surface area contributed by atoms with E-state index in [0.29, 0.717) is 11.4 Å². The van der Waals surface area contributed by atoms with Crippen molar-refractivity contribution in [1.29, 1.82) is 0 Å². The predicted octanol–water partition coefficient (Wildman–Crippen LogP) is 1.34. The van der Waals surface area contributed by atoms with Crippen LogP contribution in [0, 0.1) is 0 Å². The Bertz CT molecular complexity index is 503. The van der Waals surface area contributed by atoms with Crippen LogP contribution >= 0.6 is 0 Å². The molecule has 1 aromatic rings. The number of nitrogens with two attached hydrogens (primary N) is 1. The fourth-order valence-electron chi connectivity index (χ4n) is 1.69. The van der Waals surface area contributed by atoms with Crippen molar-refractivity contribution in [2.45, 2.75) is 17.7 Å². The predicted molar refractivity (Wildman–Crippen MR) is 60.0 cm³/mol. The Morgan fingerprint density at radius 2 is 2.07 bits per heavy atom. The maximum atomic E-state index is 11.5. The average Bonchev–Trinajstić information content (AvgIpc) is 2.52. The summed E-state index contributed by atoms with van der Waals surface area (Å²) in [4.78, 5) is 0.416. The van der Waals surface area contributed by atoms with E-state index in [-0.39, 0.29) is 0 Å². The van der Waals surface area contributed by atoms with Crippen LogP contribution in [0.5, 0.6) is 0 Å². The number of hydrogen-bond acceptors (Lipinski definition) is 3. The molecule has 1 heterocycles. The number of hydrogen-bond donors (Lipinski definition) is 1. The number of sulfone groups is 1. The van der Waals surface area contributed by atoms with Gasteiger partial charge in [-0.3, -0.25) is 0 Å². The van der Waals surface area contributed by atoms with Crippen molar-refractivity contribution in [2.75, 3.05) is 6.54 Å². The summed E-state index contributed by atoms with van der Waals surface area (Å²) < 4.78 is 22.9.